The Kier molecular flexibility index (Phi) is 2.75. The summed E-state index contributed by atoms with van der Waals surface area (Å²) in [5.41, 5.74) is -0.850. The standard InChI is InChI=1S/C8H9F3N2/c1-2-3-5-13-6-4-7(12-13)8(9,10)11/h2,4,6H,1,3,5H2. The second kappa shape index (κ2) is 3.64. The highest BCUT2D eigenvalue weighted by molar-refractivity contribution is 5.03. The predicted octanol–water partition coefficient (Wildman–Crippen LogP) is 2.48. The van der Waals surface area contributed by atoms with Crippen LogP contribution in [0.5, 0.6) is 0 Å². The molecule has 0 aromatic carbocycles. The molecule has 5 heteroatoms. The first-order valence-electron chi connectivity index (χ1n) is 3.75. The van der Waals surface area contributed by atoms with E-state index in [0.717, 1.165) is 6.07 Å². The minimum Gasteiger partial charge on any atom is -0.272 e. The van der Waals surface area contributed by atoms with E-state index in [2.05, 4.69) is 11.7 Å². The molecule has 0 amide bonds. The minimum absolute atomic E-state index is 0.430. The summed E-state index contributed by atoms with van der Waals surface area (Å²) in [6.07, 6.45) is -0.792. The smallest absolute Gasteiger partial charge is 0.272 e. The van der Waals surface area contributed by atoms with Gasteiger partial charge in [0.2, 0.25) is 0 Å². The average Bonchev–Trinajstić information content (AvgIpc) is 2.47. The summed E-state index contributed by atoms with van der Waals surface area (Å²) >= 11 is 0. The highest BCUT2D eigenvalue weighted by Crippen LogP contribution is 2.27. The van der Waals surface area contributed by atoms with E-state index in [1.165, 1.54) is 10.9 Å². The lowest BCUT2D eigenvalue weighted by molar-refractivity contribution is -0.141. The normalized spacial score (nSPS) is 11.6. The van der Waals surface area contributed by atoms with Crippen LogP contribution in [0.3, 0.4) is 0 Å². The number of aryl methyl sites for hydroxylation is 1. The molecule has 1 rings (SSSR count). The number of hydrogen-bond acceptors (Lipinski definition) is 1. The van der Waals surface area contributed by atoms with E-state index >= 15 is 0 Å². The van der Waals surface area contributed by atoms with Crippen LogP contribution in [0.1, 0.15) is 12.1 Å². The van der Waals surface area contributed by atoms with Crippen molar-refractivity contribution in [3.63, 3.8) is 0 Å². The maximum atomic E-state index is 12.0. The molecule has 2 nitrogen and oxygen atoms in total. The number of alkyl halides is 3. The van der Waals surface area contributed by atoms with Crippen molar-refractivity contribution in [2.75, 3.05) is 0 Å². The highest BCUT2D eigenvalue weighted by Gasteiger charge is 2.33. The Balaban J connectivity index is 2.69. The van der Waals surface area contributed by atoms with Crippen LogP contribution in [-0.4, -0.2) is 9.78 Å². The second-order valence-corrected chi connectivity index (χ2v) is 2.54. The Morgan fingerprint density at radius 2 is 2.23 bits per heavy atom. The maximum absolute atomic E-state index is 12.0. The molecular formula is C8H9F3N2. The van der Waals surface area contributed by atoms with Gasteiger partial charge >= 0.3 is 6.18 Å². The quantitative estimate of drug-likeness (QED) is 0.669. The van der Waals surface area contributed by atoms with Gasteiger partial charge in [-0.1, -0.05) is 6.08 Å². The average molecular weight is 190 g/mol. The van der Waals surface area contributed by atoms with Gasteiger partial charge in [0.25, 0.3) is 0 Å². The van der Waals surface area contributed by atoms with Gasteiger partial charge in [-0.15, -0.1) is 6.58 Å². The Hall–Kier alpha value is -1.26. The van der Waals surface area contributed by atoms with Gasteiger partial charge in [-0.3, -0.25) is 4.68 Å². The third-order valence-electron chi connectivity index (χ3n) is 1.49. The first kappa shape index (κ1) is 9.83. The summed E-state index contributed by atoms with van der Waals surface area (Å²) in [5.74, 6) is 0. The third-order valence-corrected chi connectivity index (χ3v) is 1.49. The summed E-state index contributed by atoms with van der Waals surface area (Å²) in [6.45, 7) is 3.90. The van der Waals surface area contributed by atoms with Crippen molar-refractivity contribution in [1.29, 1.82) is 0 Å². The molecule has 0 N–H and O–H groups in total. The molecule has 0 aliphatic carbocycles. The number of rotatable bonds is 3. The molecule has 0 unspecified atom stereocenters. The molecule has 1 aromatic heterocycles. The van der Waals surface area contributed by atoms with Crippen LogP contribution >= 0.6 is 0 Å². The van der Waals surface area contributed by atoms with E-state index in [4.69, 9.17) is 0 Å². The molecule has 0 aliphatic rings. The van der Waals surface area contributed by atoms with Crippen LogP contribution < -0.4 is 0 Å². The van der Waals surface area contributed by atoms with Gasteiger partial charge in [0.1, 0.15) is 0 Å². The topological polar surface area (TPSA) is 17.8 Å². The van der Waals surface area contributed by atoms with Gasteiger partial charge in [-0.2, -0.15) is 18.3 Å². The Bertz CT molecular complexity index is 288. The first-order valence-corrected chi connectivity index (χ1v) is 3.75. The molecule has 72 valence electrons. The number of allylic oxidation sites excluding steroid dienone is 1. The first-order chi connectivity index (χ1) is 6.04. The fourth-order valence-corrected chi connectivity index (χ4v) is 0.861. The van der Waals surface area contributed by atoms with Crippen LogP contribution in [0.4, 0.5) is 13.2 Å². The van der Waals surface area contributed by atoms with Crippen molar-refractivity contribution in [2.45, 2.75) is 19.1 Å². The number of nitrogens with zero attached hydrogens (tertiary/aromatic N) is 2. The summed E-state index contributed by atoms with van der Waals surface area (Å²) in [4.78, 5) is 0. The zero-order valence-electron chi connectivity index (χ0n) is 6.88. The summed E-state index contributed by atoms with van der Waals surface area (Å²) in [6, 6.07) is 0.961. The van der Waals surface area contributed by atoms with E-state index in [0.29, 0.717) is 13.0 Å². The highest BCUT2D eigenvalue weighted by atomic mass is 19.4. The molecule has 0 atom stereocenters. The van der Waals surface area contributed by atoms with E-state index < -0.39 is 11.9 Å². The second-order valence-electron chi connectivity index (χ2n) is 2.54. The maximum Gasteiger partial charge on any atom is 0.435 e. The molecule has 0 radical (unpaired) electrons. The Morgan fingerprint density at radius 1 is 1.54 bits per heavy atom. The summed E-state index contributed by atoms with van der Waals surface area (Å²) < 4.78 is 37.3. The molecule has 0 aliphatic heterocycles. The summed E-state index contributed by atoms with van der Waals surface area (Å²) in [7, 11) is 0. The van der Waals surface area contributed by atoms with Gasteiger partial charge in [0, 0.05) is 12.7 Å². The third kappa shape index (κ3) is 2.61. The zero-order valence-corrected chi connectivity index (χ0v) is 6.88. The van der Waals surface area contributed by atoms with Crippen LogP contribution in [0, 0.1) is 0 Å². The molecule has 1 heterocycles. The van der Waals surface area contributed by atoms with Crippen LogP contribution in [0.25, 0.3) is 0 Å². The van der Waals surface area contributed by atoms with Gasteiger partial charge in [-0.05, 0) is 12.5 Å². The van der Waals surface area contributed by atoms with Crippen molar-refractivity contribution < 1.29 is 13.2 Å². The predicted molar refractivity (Wildman–Crippen MR) is 42.0 cm³/mol. The van der Waals surface area contributed by atoms with Gasteiger partial charge < -0.3 is 0 Å². The van der Waals surface area contributed by atoms with Gasteiger partial charge in [0.15, 0.2) is 5.69 Å². The molecule has 13 heavy (non-hydrogen) atoms. The molecule has 0 fully saturated rings. The largest absolute Gasteiger partial charge is 0.435 e. The van der Waals surface area contributed by atoms with Gasteiger partial charge in [-0.25, -0.2) is 0 Å². The van der Waals surface area contributed by atoms with Gasteiger partial charge in [0.05, 0.1) is 0 Å². The molecule has 0 bridgehead atoms. The van der Waals surface area contributed by atoms with Crippen molar-refractivity contribution in [1.82, 2.24) is 9.78 Å². The van der Waals surface area contributed by atoms with Crippen molar-refractivity contribution in [3.8, 4) is 0 Å². The number of aromatic nitrogens is 2. The van der Waals surface area contributed by atoms with E-state index in [1.807, 2.05) is 0 Å². The van der Waals surface area contributed by atoms with Crippen LogP contribution in [0.15, 0.2) is 24.9 Å². The fourth-order valence-electron chi connectivity index (χ4n) is 0.861. The van der Waals surface area contributed by atoms with Crippen molar-refractivity contribution in [3.05, 3.63) is 30.6 Å². The van der Waals surface area contributed by atoms with E-state index in [9.17, 15) is 13.2 Å². The number of halogens is 3. The lowest BCUT2D eigenvalue weighted by atomic mass is 10.4. The van der Waals surface area contributed by atoms with Crippen LogP contribution in [0.2, 0.25) is 0 Å². The molecule has 0 spiro atoms. The van der Waals surface area contributed by atoms with Crippen LogP contribution in [-0.2, 0) is 12.7 Å². The lowest BCUT2D eigenvalue weighted by Gasteiger charge is -2.01. The zero-order chi connectivity index (χ0) is 9.90. The Labute approximate surface area is 73.7 Å². The van der Waals surface area contributed by atoms with Crippen molar-refractivity contribution >= 4 is 0 Å². The molecule has 1 aromatic rings. The van der Waals surface area contributed by atoms with E-state index in [1.54, 1.807) is 6.08 Å². The van der Waals surface area contributed by atoms with Crippen molar-refractivity contribution in [2.24, 2.45) is 0 Å². The van der Waals surface area contributed by atoms with E-state index in [-0.39, 0.29) is 0 Å². The molecule has 0 saturated carbocycles. The monoisotopic (exact) mass is 190 g/mol. The summed E-state index contributed by atoms with van der Waals surface area (Å²) in [5, 5.41) is 3.36. The fraction of sp³-hybridized carbons (Fsp3) is 0.375. The number of hydrogen-bond donors (Lipinski definition) is 0. The molecular weight excluding hydrogens is 181 g/mol. The molecule has 0 saturated heterocycles. The Morgan fingerprint density at radius 3 is 2.69 bits per heavy atom. The minimum atomic E-state index is -4.35. The lowest BCUT2D eigenvalue weighted by Crippen LogP contribution is -2.07. The SMILES string of the molecule is C=CCCn1ccc(C(F)(F)F)n1.